The van der Waals surface area contributed by atoms with E-state index in [1.54, 1.807) is 30.5 Å². The number of carbonyl (C=O) groups is 2. The predicted octanol–water partition coefficient (Wildman–Crippen LogP) is 3.58. The monoisotopic (exact) mass is 379 g/mol. The van der Waals surface area contributed by atoms with Gasteiger partial charge in [-0.3, -0.25) is 9.59 Å². The molecule has 3 rings (SSSR count). The second kappa shape index (κ2) is 8.60. The van der Waals surface area contributed by atoms with E-state index in [0.29, 0.717) is 11.3 Å². The van der Waals surface area contributed by atoms with Gasteiger partial charge in [0.05, 0.1) is 17.1 Å². The van der Waals surface area contributed by atoms with Gasteiger partial charge in [-0.2, -0.15) is 0 Å². The van der Waals surface area contributed by atoms with Crippen molar-refractivity contribution in [2.24, 2.45) is 0 Å². The first-order valence-electron chi connectivity index (χ1n) is 8.65. The molecule has 0 saturated carbocycles. The summed E-state index contributed by atoms with van der Waals surface area (Å²) in [5.74, 6) is -0.334. The van der Waals surface area contributed by atoms with Crippen LogP contribution < -0.4 is 10.6 Å². The third kappa shape index (κ3) is 5.01. The lowest BCUT2D eigenvalue weighted by Gasteiger charge is -2.10. The lowest BCUT2D eigenvalue weighted by Crippen LogP contribution is -2.19. The van der Waals surface area contributed by atoms with Gasteiger partial charge in [-0.25, -0.2) is 4.98 Å². The van der Waals surface area contributed by atoms with E-state index in [2.05, 4.69) is 27.8 Å². The Labute approximate surface area is 162 Å². The van der Waals surface area contributed by atoms with Crippen LogP contribution in [-0.2, 0) is 17.6 Å². The normalized spacial score (nSPS) is 10.4. The van der Waals surface area contributed by atoms with E-state index >= 15 is 0 Å². The molecule has 6 heteroatoms. The number of aryl methyl sites for hydroxylation is 1. The van der Waals surface area contributed by atoms with Gasteiger partial charge in [-0.15, -0.1) is 11.3 Å². The van der Waals surface area contributed by atoms with Crippen molar-refractivity contribution in [3.8, 4) is 0 Å². The number of nitrogens with one attached hydrogen (secondary N) is 2. The van der Waals surface area contributed by atoms with E-state index in [4.69, 9.17) is 0 Å². The molecule has 1 aromatic heterocycles. The second-order valence-corrected chi connectivity index (χ2v) is 7.17. The van der Waals surface area contributed by atoms with Crippen LogP contribution in [-0.4, -0.2) is 23.8 Å². The molecule has 3 aromatic rings. The minimum Gasteiger partial charge on any atom is -0.355 e. The Hall–Kier alpha value is -2.99. The third-order valence-electron chi connectivity index (χ3n) is 4.14. The molecule has 0 aliphatic rings. The van der Waals surface area contributed by atoms with E-state index < -0.39 is 0 Å². The molecule has 0 saturated heterocycles. The Morgan fingerprint density at radius 3 is 2.63 bits per heavy atom. The fraction of sp³-hybridized carbons (Fsp3) is 0.190. The molecule has 0 aliphatic carbocycles. The summed E-state index contributed by atoms with van der Waals surface area (Å²) in [6.45, 7) is 1.89. The highest BCUT2D eigenvalue weighted by atomic mass is 32.1. The molecule has 27 heavy (non-hydrogen) atoms. The quantitative estimate of drug-likeness (QED) is 0.688. The van der Waals surface area contributed by atoms with Crippen molar-refractivity contribution in [1.29, 1.82) is 0 Å². The van der Waals surface area contributed by atoms with Gasteiger partial charge in [-0.1, -0.05) is 36.4 Å². The van der Waals surface area contributed by atoms with Crippen LogP contribution in [0.25, 0.3) is 0 Å². The van der Waals surface area contributed by atoms with E-state index in [0.717, 1.165) is 22.7 Å². The molecule has 2 amide bonds. The van der Waals surface area contributed by atoms with Crippen LogP contribution in [0.2, 0.25) is 0 Å². The zero-order valence-electron chi connectivity index (χ0n) is 15.3. The molecule has 2 N–H and O–H groups in total. The van der Waals surface area contributed by atoms with Crippen molar-refractivity contribution in [2.45, 2.75) is 19.8 Å². The van der Waals surface area contributed by atoms with Crippen molar-refractivity contribution in [3.05, 3.63) is 81.3 Å². The molecule has 0 bridgehead atoms. The summed E-state index contributed by atoms with van der Waals surface area (Å²) < 4.78 is 0. The largest absolute Gasteiger partial charge is 0.355 e. The number of aromatic nitrogens is 1. The van der Waals surface area contributed by atoms with Crippen molar-refractivity contribution in [2.75, 3.05) is 12.4 Å². The molecule has 0 spiro atoms. The van der Waals surface area contributed by atoms with Crippen LogP contribution in [0.5, 0.6) is 0 Å². The average Bonchev–Trinajstić information content (AvgIpc) is 3.10. The zero-order chi connectivity index (χ0) is 19.2. The Balaban J connectivity index is 1.64. The van der Waals surface area contributed by atoms with Gasteiger partial charge < -0.3 is 10.6 Å². The van der Waals surface area contributed by atoms with E-state index in [1.165, 1.54) is 5.56 Å². The second-order valence-electron chi connectivity index (χ2n) is 6.23. The number of anilines is 1. The lowest BCUT2D eigenvalue weighted by molar-refractivity contribution is -0.115. The van der Waals surface area contributed by atoms with Crippen molar-refractivity contribution >= 4 is 28.8 Å². The van der Waals surface area contributed by atoms with Crippen LogP contribution in [0, 0.1) is 6.92 Å². The summed E-state index contributed by atoms with van der Waals surface area (Å²) in [6.07, 6.45) is 0.968. The van der Waals surface area contributed by atoms with E-state index in [1.807, 2.05) is 36.6 Å². The molecule has 1 heterocycles. The summed E-state index contributed by atoms with van der Waals surface area (Å²) in [7, 11) is 1.58. The minimum absolute atomic E-state index is 0.149. The molecule has 0 radical (unpaired) electrons. The van der Waals surface area contributed by atoms with Crippen molar-refractivity contribution in [3.63, 3.8) is 0 Å². The molecule has 0 unspecified atom stereocenters. The van der Waals surface area contributed by atoms with Gasteiger partial charge in [0.2, 0.25) is 5.91 Å². The van der Waals surface area contributed by atoms with Crippen molar-refractivity contribution < 1.29 is 9.59 Å². The molecular formula is C21H21N3O2S. The fourth-order valence-corrected chi connectivity index (χ4v) is 3.51. The van der Waals surface area contributed by atoms with Crippen LogP contribution in [0.15, 0.2) is 53.9 Å². The number of amides is 2. The number of hydrogen-bond donors (Lipinski definition) is 2. The summed E-state index contributed by atoms with van der Waals surface area (Å²) in [6, 6.07) is 15.4. The maximum Gasteiger partial charge on any atom is 0.251 e. The molecular weight excluding hydrogens is 358 g/mol. The molecule has 2 aromatic carbocycles. The first kappa shape index (κ1) is 18.8. The first-order valence-corrected chi connectivity index (χ1v) is 9.53. The Morgan fingerprint density at radius 1 is 1.11 bits per heavy atom. The molecule has 138 valence electrons. The van der Waals surface area contributed by atoms with Gasteiger partial charge in [-0.05, 0) is 30.2 Å². The van der Waals surface area contributed by atoms with E-state index in [9.17, 15) is 9.59 Å². The topological polar surface area (TPSA) is 71.1 Å². The number of rotatable bonds is 6. The van der Waals surface area contributed by atoms with Crippen LogP contribution in [0.1, 0.15) is 32.2 Å². The highest BCUT2D eigenvalue weighted by molar-refractivity contribution is 7.09. The maximum absolute atomic E-state index is 12.4. The Morgan fingerprint density at radius 2 is 1.89 bits per heavy atom. The summed E-state index contributed by atoms with van der Waals surface area (Å²) >= 11 is 1.56. The van der Waals surface area contributed by atoms with Gasteiger partial charge in [0.1, 0.15) is 0 Å². The van der Waals surface area contributed by atoms with Gasteiger partial charge in [0.25, 0.3) is 5.91 Å². The fourth-order valence-electron chi connectivity index (χ4n) is 2.68. The Bertz CT molecular complexity index is 951. The average molecular weight is 379 g/mol. The number of hydrogen-bond acceptors (Lipinski definition) is 4. The molecule has 0 atom stereocenters. The number of thiazole rings is 1. The van der Waals surface area contributed by atoms with Gasteiger partial charge in [0.15, 0.2) is 0 Å². The zero-order valence-corrected chi connectivity index (χ0v) is 16.1. The predicted molar refractivity (Wildman–Crippen MR) is 108 cm³/mol. The standard InChI is InChI=1S/C21H21N3O2S/c1-14-8-9-16(21(26)22-2)11-18(14)24-19(25)12-17-13-27-20(23-17)10-15-6-4-3-5-7-15/h3-9,11,13H,10,12H2,1-2H3,(H,22,26)(H,24,25). The molecule has 0 fully saturated rings. The van der Waals surface area contributed by atoms with Gasteiger partial charge >= 0.3 is 0 Å². The SMILES string of the molecule is CNC(=O)c1ccc(C)c(NC(=O)Cc2csc(Cc3ccccc3)n2)c1. The highest BCUT2D eigenvalue weighted by Gasteiger charge is 2.12. The molecule has 5 nitrogen and oxygen atoms in total. The Kier molecular flexibility index (Phi) is 5.98. The third-order valence-corrected chi connectivity index (χ3v) is 5.04. The number of benzene rings is 2. The number of nitrogens with zero attached hydrogens (tertiary/aromatic N) is 1. The summed E-state index contributed by atoms with van der Waals surface area (Å²) in [4.78, 5) is 28.7. The van der Waals surface area contributed by atoms with Crippen LogP contribution in [0.4, 0.5) is 5.69 Å². The van der Waals surface area contributed by atoms with Gasteiger partial charge in [0, 0.05) is 30.1 Å². The van der Waals surface area contributed by atoms with Crippen LogP contribution >= 0.6 is 11.3 Å². The smallest absolute Gasteiger partial charge is 0.251 e. The summed E-state index contributed by atoms with van der Waals surface area (Å²) in [5.41, 5.74) is 4.00. The van der Waals surface area contributed by atoms with E-state index in [-0.39, 0.29) is 18.2 Å². The summed E-state index contributed by atoms with van der Waals surface area (Å²) in [5, 5.41) is 8.38. The maximum atomic E-state index is 12.4. The molecule has 0 aliphatic heterocycles. The minimum atomic E-state index is -0.185. The lowest BCUT2D eigenvalue weighted by atomic mass is 10.1. The highest BCUT2D eigenvalue weighted by Crippen LogP contribution is 2.19. The van der Waals surface area contributed by atoms with Crippen molar-refractivity contribution in [1.82, 2.24) is 10.3 Å². The first-order chi connectivity index (χ1) is 13.0. The van der Waals surface area contributed by atoms with Crippen LogP contribution in [0.3, 0.4) is 0 Å². The number of carbonyl (C=O) groups excluding carboxylic acids is 2.